The number of imidazole rings is 1. The summed E-state index contributed by atoms with van der Waals surface area (Å²) in [5.74, 6) is -1.11. The van der Waals surface area contributed by atoms with Crippen LogP contribution in [0.2, 0.25) is 25.7 Å². The first-order valence-electron chi connectivity index (χ1n) is 15.3. The number of aryl methyl sites for hydroxylation is 3. The smallest absolute Gasteiger partial charge is 0.321 e. The molecule has 11 heteroatoms. The van der Waals surface area contributed by atoms with Crippen molar-refractivity contribution in [3.8, 4) is 6.07 Å². The summed E-state index contributed by atoms with van der Waals surface area (Å²) < 4.78 is 42.8. The lowest BCUT2D eigenvalue weighted by molar-refractivity contribution is -0.144. The fraction of sp³-hybridized carbons (Fsp3) is 0.343. The van der Waals surface area contributed by atoms with Crippen LogP contribution in [0.3, 0.4) is 0 Å². The number of rotatable bonds is 11. The van der Waals surface area contributed by atoms with Crippen molar-refractivity contribution in [2.75, 3.05) is 13.2 Å². The van der Waals surface area contributed by atoms with E-state index in [2.05, 4.69) is 25.7 Å². The standard InChI is InChI=1S/C35H40N4O5SSi/c1-8-44-35(40)32(34-37-29-20-26(21-36)11-14-30(29)38(34)22-43-17-18-46(5,6)7)31-24(3)19-25(4)33-28(31)15-16-39(33)45(41,42)27-12-9-23(2)10-13-27/h9-16,19-20,32H,8,17-18,22H2,1-7H3. The first-order chi connectivity index (χ1) is 21.8. The molecule has 2 aromatic heterocycles. The Kier molecular flexibility index (Phi) is 9.27. The van der Waals surface area contributed by atoms with Gasteiger partial charge < -0.3 is 14.0 Å². The molecule has 240 valence electrons. The zero-order valence-electron chi connectivity index (χ0n) is 27.4. The summed E-state index contributed by atoms with van der Waals surface area (Å²) in [4.78, 5) is 19.1. The van der Waals surface area contributed by atoms with Crippen LogP contribution in [0.4, 0.5) is 0 Å². The van der Waals surface area contributed by atoms with E-state index in [1.165, 1.54) is 3.97 Å². The molecule has 0 bridgehead atoms. The van der Waals surface area contributed by atoms with E-state index in [1.807, 2.05) is 37.5 Å². The number of aromatic nitrogens is 3. The third-order valence-electron chi connectivity index (χ3n) is 8.14. The number of fused-ring (bicyclic) bond motifs is 2. The van der Waals surface area contributed by atoms with Crippen LogP contribution in [0.1, 0.15) is 46.5 Å². The minimum Gasteiger partial charge on any atom is -0.465 e. The summed E-state index contributed by atoms with van der Waals surface area (Å²) in [5, 5.41) is 10.2. The van der Waals surface area contributed by atoms with Crippen LogP contribution in [0.15, 0.2) is 65.7 Å². The Hall–Kier alpha value is -4.24. The van der Waals surface area contributed by atoms with Crippen molar-refractivity contribution in [1.82, 2.24) is 13.5 Å². The van der Waals surface area contributed by atoms with Crippen LogP contribution < -0.4 is 0 Å². The van der Waals surface area contributed by atoms with Gasteiger partial charge in [-0.05, 0) is 86.8 Å². The van der Waals surface area contributed by atoms with Gasteiger partial charge in [-0.2, -0.15) is 5.26 Å². The van der Waals surface area contributed by atoms with E-state index in [4.69, 9.17) is 14.5 Å². The third-order valence-corrected chi connectivity index (χ3v) is 11.5. The second kappa shape index (κ2) is 12.9. The maximum atomic E-state index is 14.0. The monoisotopic (exact) mass is 656 g/mol. The lowest BCUT2D eigenvalue weighted by atomic mass is 9.89. The van der Waals surface area contributed by atoms with Crippen molar-refractivity contribution in [2.24, 2.45) is 0 Å². The summed E-state index contributed by atoms with van der Waals surface area (Å²) >= 11 is 0. The van der Waals surface area contributed by atoms with Gasteiger partial charge in [0, 0.05) is 26.3 Å². The Morgan fingerprint density at radius 1 is 1.02 bits per heavy atom. The molecule has 9 nitrogen and oxygen atoms in total. The molecule has 5 rings (SSSR count). The van der Waals surface area contributed by atoms with Crippen LogP contribution in [0, 0.1) is 32.1 Å². The molecule has 0 aliphatic carbocycles. The second-order valence-electron chi connectivity index (χ2n) is 12.9. The van der Waals surface area contributed by atoms with E-state index in [9.17, 15) is 18.5 Å². The molecule has 0 amide bonds. The fourth-order valence-electron chi connectivity index (χ4n) is 5.79. The number of carbonyl (C=O) groups is 1. The van der Waals surface area contributed by atoms with Crippen LogP contribution >= 0.6 is 0 Å². The van der Waals surface area contributed by atoms with E-state index < -0.39 is 30.0 Å². The number of nitriles is 1. The minimum atomic E-state index is -3.94. The van der Waals surface area contributed by atoms with Crippen molar-refractivity contribution in [3.05, 3.63) is 94.4 Å². The number of nitrogens with zero attached hydrogens (tertiary/aromatic N) is 4. The van der Waals surface area contributed by atoms with Gasteiger partial charge in [0.05, 0.1) is 39.7 Å². The predicted molar refractivity (Wildman–Crippen MR) is 182 cm³/mol. The van der Waals surface area contributed by atoms with Gasteiger partial charge in [0.25, 0.3) is 10.0 Å². The summed E-state index contributed by atoms with van der Waals surface area (Å²) in [7, 11) is -5.30. The third kappa shape index (κ3) is 6.38. The molecule has 3 aromatic carbocycles. The Labute approximate surface area is 271 Å². The summed E-state index contributed by atoms with van der Waals surface area (Å²) in [5.41, 5.74) is 5.31. The predicted octanol–water partition coefficient (Wildman–Crippen LogP) is 7.03. The highest BCUT2D eigenvalue weighted by Gasteiger charge is 2.34. The number of benzene rings is 3. The van der Waals surface area contributed by atoms with Crippen molar-refractivity contribution in [3.63, 3.8) is 0 Å². The number of hydrogen-bond acceptors (Lipinski definition) is 7. The van der Waals surface area contributed by atoms with Crippen LogP contribution in [0.5, 0.6) is 0 Å². The summed E-state index contributed by atoms with van der Waals surface area (Å²) in [6, 6.07) is 18.7. The van der Waals surface area contributed by atoms with Gasteiger partial charge in [-0.25, -0.2) is 17.4 Å². The average Bonchev–Trinajstić information content (AvgIpc) is 3.59. The lowest BCUT2D eigenvalue weighted by Gasteiger charge is -2.22. The first kappa shape index (κ1) is 33.1. The second-order valence-corrected chi connectivity index (χ2v) is 20.3. The van der Waals surface area contributed by atoms with Crippen LogP contribution in [0.25, 0.3) is 21.9 Å². The molecule has 0 aliphatic rings. The molecule has 0 saturated carbocycles. The molecule has 1 unspecified atom stereocenters. The zero-order valence-corrected chi connectivity index (χ0v) is 29.2. The first-order valence-corrected chi connectivity index (χ1v) is 20.5. The van der Waals surface area contributed by atoms with Gasteiger partial charge in [-0.3, -0.25) is 4.79 Å². The van der Waals surface area contributed by atoms with Crippen LogP contribution in [-0.4, -0.2) is 49.2 Å². The minimum absolute atomic E-state index is 0.148. The van der Waals surface area contributed by atoms with Crippen LogP contribution in [-0.2, 0) is 31.0 Å². The Morgan fingerprint density at radius 3 is 2.39 bits per heavy atom. The topological polar surface area (TPSA) is 116 Å². The Balaban J connectivity index is 1.74. The van der Waals surface area contributed by atoms with Crippen molar-refractivity contribution >= 4 is 46.0 Å². The van der Waals surface area contributed by atoms with E-state index >= 15 is 0 Å². The summed E-state index contributed by atoms with van der Waals surface area (Å²) in [6.07, 6.45) is 1.54. The molecule has 0 saturated heterocycles. The largest absolute Gasteiger partial charge is 0.465 e. The highest BCUT2D eigenvalue weighted by atomic mass is 32.2. The van der Waals surface area contributed by atoms with Crippen molar-refractivity contribution in [1.29, 1.82) is 5.26 Å². The van der Waals surface area contributed by atoms with Crippen molar-refractivity contribution < 1.29 is 22.7 Å². The number of hydrogen-bond donors (Lipinski definition) is 0. The van der Waals surface area contributed by atoms with E-state index in [0.717, 1.165) is 28.3 Å². The number of carbonyl (C=O) groups excluding carboxylic acids is 1. The highest BCUT2D eigenvalue weighted by Crippen LogP contribution is 2.38. The van der Waals surface area contributed by atoms with Gasteiger partial charge in [-0.1, -0.05) is 43.4 Å². The number of esters is 1. The Morgan fingerprint density at radius 2 is 1.74 bits per heavy atom. The molecule has 0 N–H and O–H groups in total. The molecule has 46 heavy (non-hydrogen) atoms. The molecular formula is C35H40N4O5SSi. The van der Waals surface area contributed by atoms with E-state index in [1.54, 1.807) is 55.6 Å². The quantitative estimate of drug-likeness (QED) is 0.0851. The normalized spacial score (nSPS) is 12.8. The van der Waals surface area contributed by atoms with E-state index in [0.29, 0.717) is 40.0 Å². The van der Waals surface area contributed by atoms with Gasteiger partial charge in [0.1, 0.15) is 18.5 Å². The molecule has 0 fully saturated rings. The molecular weight excluding hydrogens is 617 g/mol. The van der Waals surface area contributed by atoms with Crippen molar-refractivity contribution in [2.45, 2.75) is 70.9 Å². The van der Waals surface area contributed by atoms with E-state index in [-0.39, 0.29) is 18.2 Å². The van der Waals surface area contributed by atoms with Gasteiger partial charge >= 0.3 is 5.97 Å². The molecule has 0 aliphatic heterocycles. The summed E-state index contributed by atoms with van der Waals surface area (Å²) in [6.45, 7) is 15.1. The molecule has 0 radical (unpaired) electrons. The highest BCUT2D eigenvalue weighted by molar-refractivity contribution is 7.90. The lowest BCUT2D eigenvalue weighted by Crippen LogP contribution is -2.24. The number of ether oxygens (including phenoxy) is 2. The maximum Gasteiger partial charge on any atom is 0.321 e. The average molecular weight is 657 g/mol. The SMILES string of the molecule is CCOC(=O)C(c1c(C)cc(C)c2c1ccn2S(=O)(=O)c1ccc(C)cc1)c1nc2cc(C#N)ccc2n1COCC[Si](C)(C)C. The molecule has 1 atom stereocenters. The molecule has 0 spiro atoms. The zero-order chi connectivity index (χ0) is 33.4. The molecule has 5 aromatic rings. The fourth-order valence-corrected chi connectivity index (χ4v) is 7.96. The van der Waals surface area contributed by atoms with Gasteiger partial charge in [0.15, 0.2) is 0 Å². The van der Waals surface area contributed by atoms with Gasteiger partial charge in [-0.15, -0.1) is 0 Å². The molecule has 2 heterocycles. The maximum absolute atomic E-state index is 14.0. The Bertz CT molecular complexity index is 2080. The van der Waals surface area contributed by atoms with Gasteiger partial charge in [0.2, 0.25) is 0 Å².